The molecule has 0 aromatic heterocycles. The van der Waals surface area contributed by atoms with Crippen LogP contribution in [0, 0.1) is 0 Å². The SMILES string of the molecule is O=C(ON=C1CN(C(=O)c2ccccc2)CC(NOC(=O)c2ccccc2)=N1)c1ccccc1. The van der Waals surface area contributed by atoms with E-state index in [1.165, 1.54) is 4.90 Å². The van der Waals surface area contributed by atoms with Gasteiger partial charge in [0, 0.05) is 5.56 Å². The molecule has 1 aliphatic heterocycles. The summed E-state index contributed by atoms with van der Waals surface area (Å²) in [4.78, 5) is 53.3. The Morgan fingerprint density at radius 2 is 1.26 bits per heavy atom. The van der Waals surface area contributed by atoms with Gasteiger partial charge in [-0.05, 0) is 36.4 Å². The minimum atomic E-state index is -0.667. The third-order valence-corrected chi connectivity index (χ3v) is 4.76. The second kappa shape index (κ2) is 10.7. The molecular formula is C25H20N4O5. The zero-order valence-electron chi connectivity index (χ0n) is 18.0. The highest BCUT2D eigenvalue weighted by Gasteiger charge is 2.25. The van der Waals surface area contributed by atoms with Gasteiger partial charge in [0.2, 0.25) is 0 Å². The second-order valence-corrected chi connectivity index (χ2v) is 7.20. The van der Waals surface area contributed by atoms with Crippen molar-refractivity contribution in [3.63, 3.8) is 0 Å². The Morgan fingerprint density at radius 3 is 1.85 bits per heavy atom. The number of benzene rings is 3. The maximum absolute atomic E-state index is 13.0. The smallest absolute Gasteiger partial charge is 0.337 e. The first-order chi connectivity index (χ1) is 16.6. The first-order valence-corrected chi connectivity index (χ1v) is 10.4. The summed E-state index contributed by atoms with van der Waals surface area (Å²) in [5.41, 5.74) is 3.61. The number of aliphatic imine (C=N–C) groups is 1. The summed E-state index contributed by atoms with van der Waals surface area (Å²) in [6.45, 7) is 0.0229. The van der Waals surface area contributed by atoms with Gasteiger partial charge in [-0.2, -0.15) is 0 Å². The van der Waals surface area contributed by atoms with Crippen molar-refractivity contribution < 1.29 is 24.1 Å². The largest absolute Gasteiger partial charge is 0.365 e. The fourth-order valence-corrected chi connectivity index (χ4v) is 3.10. The molecule has 170 valence electrons. The molecule has 3 aromatic carbocycles. The number of oxime groups is 1. The van der Waals surface area contributed by atoms with Gasteiger partial charge in [0.05, 0.1) is 24.2 Å². The molecule has 1 aliphatic rings. The summed E-state index contributed by atoms with van der Waals surface area (Å²) >= 11 is 0. The van der Waals surface area contributed by atoms with Crippen LogP contribution in [0.1, 0.15) is 31.1 Å². The quantitative estimate of drug-likeness (QED) is 0.477. The van der Waals surface area contributed by atoms with Crippen LogP contribution in [0.15, 0.2) is 101 Å². The summed E-state index contributed by atoms with van der Waals surface area (Å²) in [5, 5.41) is 3.83. The molecule has 0 atom stereocenters. The molecule has 0 saturated carbocycles. The minimum absolute atomic E-state index is 0.00634. The molecule has 0 aliphatic carbocycles. The third kappa shape index (κ3) is 5.71. The number of rotatable bonds is 4. The molecule has 0 spiro atoms. The molecule has 4 rings (SSSR count). The molecule has 1 N–H and O–H groups in total. The second-order valence-electron chi connectivity index (χ2n) is 7.20. The Bertz CT molecular complexity index is 1230. The van der Waals surface area contributed by atoms with E-state index in [0.717, 1.165) is 0 Å². The van der Waals surface area contributed by atoms with Gasteiger partial charge in [-0.1, -0.05) is 59.8 Å². The molecular weight excluding hydrogens is 436 g/mol. The molecule has 0 bridgehead atoms. The van der Waals surface area contributed by atoms with Crippen LogP contribution >= 0.6 is 0 Å². The van der Waals surface area contributed by atoms with Crippen molar-refractivity contribution in [1.82, 2.24) is 10.4 Å². The van der Waals surface area contributed by atoms with Crippen LogP contribution in [0.3, 0.4) is 0 Å². The normalized spacial score (nSPS) is 14.2. The number of hydroxylamine groups is 1. The Labute approximate surface area is 195 Å². The lowest BCUT2D eigenvalue weighted by molar-refractivity contribution is 0.0379. The summed E-state index contributed by atoms with van der Waals surface area (Å²) in [7, 11) is 0. The monoisotopic (exact) mass is 456 g/mol. The lowest BCUT2D eigenvalue weighted by atomic mass is 10.2. The lowest BCUT2D eigenvalue weighted by Gasteiger charge is -2.27. The van der Waals surface area contributed by atoms with E-state index >= 15 is 0 Å². The van der Waals surface area contributed by atoms with E-state index in [1.54, 1.807) is 91.0 Å². The minimum Gasteiger partial charge on any atom is -0.337 e. The molecule has 1 heterocycles. The number of amides is 1. The summed E-state index contributed by atoms with van der Waals surface area (Å²) in [6, 6.07) is 25.4. The standard InChI is InChI=1S/C25H20N4O5/c30-23(18-10-4-1-5-11-18)29-16-21(27-33-24(31)19-12-6-2-7-13-19)26-22(17-29)28-34-25(32)20-14-8-3-9-15-20/h1-15H,16-17H2,(H,26,27,28). The predicted molar refractivity (Wildman–Crippen MR) is 124 cm³/mol. The van der Waals surface area contributed by atoms with E-state index in [1.807, 2.05) is 0 Å². The van der Waals surface area contributed by atoms with Gasteiger partial charge >= 0.3 is 11.9 Å². The maximum Gasteiger partial charge on any atom is 0.365 e. The highest BCUT2D eigenvalue weighted by Crippen LogP contribution is 2.10. The molecule has 0 saturated heterocycles. The average Bonchev–Trinajstić information content (AvgIpc) is 2.91. The number of hydrogen-bond acceptors (Lipinski definition) is 7. The Kier molecular flexibility index (Phi) is 7.04. The molecule has 0 fully saturated rings. The van der Waals surface area contributed by atoms with E-state index < -0.39 is 11.9 Å². The lowest BCUT2D eigenvalue weighted by Crippen LogP contribution is -2.47. The molecule has 34 heavy (non-hydrogen) atoms. The van der Waals surface area contributed by atoms with Gasteiger partial charge in [-0.3, -0.25) is 4.79 Å². The van der Waals surface area contributed by atoms with Gasteiger partial charge in [-0.15, -0.1) is 0 Å². The van der Waals surface area contributed by atoms with Gasteiger partial charge in [0.25, 0.3) is 5.91 Å². The highest BCUT2D eigenvalue weighted by molar-refractivity contribution is 6.07. The van der Waals surface area contributed by atoms with Crippen LogP contribution in [-0.2, 0) is 9.68 Å². The summed E-state index contributed by atoms with van der Waals surface area (Å²) in [6.07, 6.45) is 0. The van der Waals surface area contributed by atoms with E-state index in [2.05, 4.69) is 15.6 Å². The topological polar surface area (TPSA) is 110 Å². The Balaban J connectivity index is 1.51. The zero-order valence-corrected chi connectivity index (χ0v) is 18.0. The van der Waals surface area contributed by atoms with Crippen LogP contribution in [0.5, 0.6) is 0 Å². The Morgan fingerprint density at radius 1 is 0.735 bits per heavy atom. The van der Waals surface area contributed by atoms with E-state index in [9.17, 15) is 14.4 Å². The van der Waals surface area contributed by atoms with Crippen molar-refractivity contribution in [2.45, 2.75) is 0 Å². The highest BCUT2D eigenvalue weighted by atomic mass is 16.7. The number of carbonyl (C=O) groups excluding carboxylic acids is 3. The van der Waals surface area contributed by atoms with Crippen LogP contribution in [0.25, 0.3) is 0 Å². The number of amidine groups is 2. The van der Waals surface area contributed by atoms with Crippen molar-refractivity contribution in [3.05, 3.63) is 108 Å². The fourth-order valence-electron chi connectivity index (χ4n) is 3.10. The molecule has 9 heteroatoms. The van der Waals surface area contributed by atoms with Gasteiger partial charge < -0.3 is 14.6 Å². The zero-order chi connectivity index (χ0) is 23.8. The molecule has 0 radical (unpaired) electrons. The van der Waals surface area contributed by atoms with Gasteiger partial charge in [-0.25, -0.2) is 20.1 Å². The van der Waals surface area contributed by atoms with E-state index in [4.69, 9.17) is 9.68 Å². The number of nitrogens with one attached hydrogen (secondary N) is 1. The van der Waals surface area contributed by atoms with Crippen molar-refractivity contribution in [1.29, 1.82) is 0 Å². The van der Waals surface area contributed by atoms with Crippen molar-refractivity contribution in [2.24, 2.45) is 10.1 Å². The van der Waals surface area contributed by atoms with E-state index in [-0.39, 0.29) is 30.7 Å². The first-order valence-electron chi connectivity index (χ1n) is 10.4. The number of nitrogens with zero attached hydrogens (tertiary/aromatic N) is 3. The average molecular weight is 456 g/mol. The van der Waals surface area contributed by atoms with Gasteiger partial charge in [0.15, 0.2) is 11.7 Å². The number of hydrogen-bond donors (Lipinski definition) is 1. The van der Waals surface area contributed by atoms with Gasteiger partial charge in [0.1, 0.15) is 0 Å². The van der Waals surface area contributed by atoms with Crippen molar-refractivity contribution in [2.75, 3.05) is 13.1 Å². The number of carbonyl (C=O) groups is 3. The summed E-state index contributed by atoms with van der Waals surface area (Å²) in [5.74, 6) is -1.37. The van der Waals surface area contributed by atoms with E-state index in [0.29, 0.717) is 16.7 Å². The van der Waals surface area contributed by atoms with Crippen molar-refractivity contribution >= 4 is 29.5 Å². The molecule has 0 unspecified atom stereocenters. The van der Waals surface area contributed by atoms with Crippen molar-refractivity contribution in [3.8, 4) is 0 Å². The first kappa shape index (κ1) is 22.4. The third-order valence-electron chi connectivity index (χ3n) is 4.76. The van der Waals surface area contributed by atoms with Crippen LogP contribution < -0.4 is 5.48 Å². The van der Waals surface area contributed by atoms with Crippen LogP contribution in [0.4, 0.5) is 0 Å². The molecule has 9 nitrogen and oxygen atoms in total. The van der Waals surface area contributed by atoms with Crippen LogP contribution in [-0.4, -0.2) is 47.5 Å². The summed E-state index contributed by atoms with van der Waals surface area (Å²) < 4.78 is 0. The molecule has 1 amide bonds. The maximum atomic E-state index is 13.0. The predicted octanol–water partition coefficient (Wildman–Crippen LogP) is 3.07. The Hall–Kier alpha value is -4.79. The van der Waals surface area contributed by atoms with Crippen LogP contribution in [0.2, 0.25) is 0 Å². The fraction of sp³-hybridized carbons (Fsp3) is 0.0800. The molecule has 3 aromatic rings.